The summed E-state index contributed by atoms with van der Waals surface area (Å²) in [6, 6.07) is 9.32. The lowest BCUT2D eigenvalue weighted by molar-refractivity contribution is -0.0454. The molecule has 0 spiro atoms. The van der Waals surface area contributed by atoms with Crippen molar-refractivity contribution in [2.24, 2.45) is 5.92 Å². The third kappa shape index (κ3) is 9.36. The molecule has 6 atom stereocenters. The van der Waals surface area contributed by atoms with E-state index in [0.29, 0.717) is 0 Å². The molecule has 0 bridgehead atoms. The SMILES string of the molecule is CC(C)C(OCc1cn([C@H]2CC(O)[C@@H](COP(=O)(O)OP(=O)(O)OP(=O)(O)O)O2)c(=O)[nH]c1=O)c1ccccc1. The molecule has 1 aromatic carbocycles. The van der Waals surface area contributed by atoms with Crippen LogP contribution in [0.3, 0.4) is 0 Å². The molecule has 1 aromatic heterocycles. The molecule has 1 aliphatic heterocycles. The van der Waals surface area contributed by atoms with Crippen LogP contribution in [0.2, 0.25) is 0 Å². The van der Waals surface area contributed by atoms with Crippen LogP contribution >= 0.6 is 23.5 Å². The lowest BCUT2D eigenvalue weighted by Gasteiger charge is -2.22. The summed E-state index contributed by atoms with van der Waals surface area (Å²) in [7, 11) is -16.7. The molecule has 1 saturated heterocycles. The highest BCUT2D eigenvalue weighted by Crippen LogP contribution is 2.66. The van der Waals surface area contributed by atoms with Crippen LogP contribution in [0, 0.1) is 5.92 Å². The van der Waals surface area contributed by atoms with Crippen molar-refractivity contribution < 1.29 is 61.0 Å². The molecule has 40 heavy (non-hydrogen) atoms. The average Bonchev–Trinajstić information content (AvgIpc) is 3.17. The maximum absolute atomic E-state index is 12.5. The zero-order valence-electron chi connectivity index (χ0n) is 21.1. The van der Waals surface area contributed by atoms with Crippen LogP contribution in [-0.4, -0.2) is 53.0 Å². The van der Waals surface area contributed by atoms with Crippen molar-refractivity contribution in [2.75, 3.05) is 6.61 Å². The first-order valence-corrected chi connectivity index (χ1v) is 16.1. The average molecular weight is 630 g/mol. The number of hydrogen-bond acceptors (Lipinski definition) is 11. The summed E-state index contributed by atoms with van der Waals surface area (Å²) in [4.78, 5) is 63.0. The van der Waals surface area contributed by atoms with Gasteiger partial charge in [0.25, 0.3) is 5.56 Å². The summed E-state index contributed by atoms with van der Waals surface area (Å²) < 4.78 is 58.3. The minimum atomic E-state index is -5.72. The number of aromatic nitrogens is 2. The van der Waals surface area contributed by atoms with E-state index in [1.165, 1.54) is 6.20 Å². The molecule has 224 valence electrons. The van der Waals surface area contributed by atoms with Crippen LogP contribution in [-0.2, 0) is 42.9 Å². The van der Waals surface area contributed by atoms with Gasteiger partial charge in [0.15, 0.2) is 0 Å². The van der Waals surface area contributed by atoms with Crippen molar-refractivity contribution in [1.82, 2.24) is 9.55 Å². The van der Waals surface area contributed by atoms with Gasteiger partial charge in [0.05, 0.1) is 31.0 Å². The summed E-state index contributed by atoms with van der Waals surface area (Å²) in [5.41, 5.74) is -0.596. The van der Waals surface area contributed by atoms with Crippen molar-refractivity contribution in [2.45, 2.75) is 51.4 Å². The summed E-state index contributed by atoms with van der Waals surface area (Å²) in [6.07, 6.45) is -3.29. The predicted molar refractivity (Wildman–Crippen MR) is 134 cm³/mol. The Labute approximate surface area is 226 Å². The third-order valence-corrected chi connectivity index (χ3v) is 9.33. The first-order chi connectivity index (χ1) is 18.5. The number of aromatic amines is 1. The number of benzene rings is 1. The molecule has 0 radical (unpaired) electrons. The standard InChI is InChI=1S/C20H29N2O15P3/c1-12(2)18(13-6-4-3-5-7-13)33-10-14-9-22(20(25)21-19(14)24)17-8-15(23)16(35-17)11-34-39(29,30)37-40(31,32)36-38(26,27)28/h3-7,9,12,15-18,23H,8,10-11H2,1-2H3,(H,29,30)(H,31,32)(H,21,24,25)(H2,26,27,28)/t15?,16-,17-,18?/m1/s1. The number of ether oxygens (including phenoxy) is 2. The van der Waals surface area contributed by atoms with E-state index in [1.807, 2.05) is 44.2 Å². The van der Waals surface area contributed by atoms with Gasteiger partial charge in [-0.05, 0) is 11.5 Å². The minimum Gasteiger partial charge on any atom is -0.390 e. The van der Waals surface area contributed by atoms with Crippen LogP contribution in [0.4, 0.5) is 0 Å². The van der Waals surface area contributed by atoms with Gasteiger partial charge < -0.3 is 34.2 Å². The molecule has 4 unspecified atom stereocenters. The van der Waals surface area contributed by atoms with Gasteiger partial charge >= 0.3 is 29.2 Å². The Balaban J connectivity index is 1.68. The molecule has 17 nitrogen and oxygen atoms in total. The Kier molecular flexibility index (Phi) is 10.6. The number of nitrogens with one attached hydrogen (secondary N) is 1. The topological polar surface area (TPSA) is 253 Å². The predicted octanol–water partition coefficient (Wildman–Crippen LogP) is 1.44. The second-order valence-electron chi connectivity index (χ2n) is 9.03. The zero-order valence-corrected chi connectivity index (χ0v) is 23.8. The number of hydrogen-bond donors (Lipinski definition) is 6. The quantitative estimate of drug-likeness (QED) is 0.171. The molecular formula is C20H29N2O15P3. The fourth-order valence-corrected chi connectivity index (χ4v) is 6.88. The number of H-pyrrole nitrogens is 1. The lowest BCUT2D eigenvalue weighted by Crippen LogP contribution is -2.34. The number of rotatable bonds is 13. The molecule has 20 heteroatoms. The second-order valence-corrected chi connectivity index (χ2v) is 13.4. The van der Waals surface area contributed by atoms with Crippen molar-refractivity contribution in [3.05, 3.63) is 68.5 Å². The van der Waals surface area contributed by atoms with Crippen molar-refractivity contribution in [3.63, 3.8) is 0 Å². The summed E-state index contributed by atoms with van der Waals surface area (Å²) in [5, 5.41) is 10.3. The van der Waals surface area contributed by atoms with E-state index in [2.05, 4.69) is 18.1 Å². The number of phosphoric ester groups is 1. The van der Waals surface area contributed by atoms with Gasteiger partial charge in [0, 0.05) is 12.6 Å². The molecule has 2 aromatic rings. The normalized spacial score (nSPS) is 23.6. The Morgan fingerprint density at radius 1 is 1.05 bits per heavy atom. The van der Waals surface area contributed by atoms with Gasteiger partial charge in [-0.2, -0.15) is 8.62 Å². The van der Waals surface area contributed by atoms with E-state index in [4.69, 9.17) is 19.3 Å². The van der Waals surface area contributed by atoms with Crippen LogP contribution in [0.25, 0.3) is 0 Å². The largest absolute Gasteiger partial charge is 0.490 e. The Bertz CT molecular complexity index is 1420. The van der Waals surface area contributed by atoms with E-state index < -0.39 is 59.8 Å². The van der Waals surface area contributed by atoms with Crippen LogP contribution in [0.5, 0.6) is 0 Å². The molecule has 1 fully saturated rings. The molecule has 0 amide bonds. The minimum absolute atomic E-state index is 0.0519. The summed E-state index contributed by atoms with van der Waals surface area (Å²) in [6.45, 7) is 2.80. The van der Waals surface area contributed by atoms with E-state index >= 15 is 0 Å². The monoisotopic (exact) mass is 630 g/mol. The first-order valence-electron chi connectivity index (χ1n) is 11.6. The fraction of sp³-hybridized carbons (Fsp3) is 0.500. The molecule has 1 aliphatic rings. The Morgan fingerprint density at radius 2 is 1.70 bits per heavy atom. The number of aliphatic hydroxyl groups excluding tert-OH is 1. The van der Waals surface area contributed by atoms with Gasteiger partial charge in [0.1, 0.15) is 12.3 Å². The molecule has 6 N–H and O–H groups in total. The van der Waals surface area contributed by atoms with E-state index in [1.54, 1.807) is 0 Å². The number of nitrogens with zero attached hydrogens (tertiary/aromatic N) is 1. The fourth-order valence-electron chi connectivity index (χ4n) is 3.85. The molecule has 2 heterocycles. The van der Waals surface area contributed by atoms with Crippen molar-refractivity contribution >= 4 is 23.5 Å². The van der Waals surface area contributed by atoms with Crippen LogP contribution in [0.1, 0.15) is 43.7 Å². The Hall–Kier alpha value is -1.81. The number of phosphoric acid groups is 3. The van der Waals surface area contributed by atoms with Gasteiger partial charge in [-0.25, -0.2) is 18.5 Å². The Morgan fingerprint density at radius 3 is 2.30 bits per heavy atom. The van der Waals surface area contributed by atoms with Crippen molar-refractivity contribution in [3.8, 4) is 0 Å². The van der Waals surface area contributed by atoms with Gasteiger partial charge in [-0.3, -0.25) is 18.9 Å². The third-order valence-electron chi connectivity index (χ3n) is 5.53. The highest BCUT2D eigenvalue weighted by atomic mass is 31.3. The van der Waals surface area contributed by atoms with Gasteiger partial charge in [-0.15, -0.1) is 0 Å². The molecule has 3 rings (SSSR count). The smallest absolute Gasteiger partial charge is 0.390 e. The summed E-state index contributed by atoms with van der Waals surface area (Å²) in [5.74, 6) is 0.0519. The van der Waals surface area contributed by atoms with Crippen LogP contribution < -0.4 is 11.2 Å². The maximum atomic E-state index is 12.5. The van der Waals surface area contributed by atoms with E-state index in [9.17, 15) is 38.2 Å². The first kappa shape index (κ1) is 32.7. The van der Waals surface area contributed by atoms with Crippen molar-refractivity contribution in [1.29, 1.82) is 0 Å². The zero-order chi connectivity index (χ0) is 29.9. The molecule has 0 saturated carbocycles. The van der Waals surface area contributed by atoms with E-state index in [-0.39, 0.29) is 30.6 Å². The highest BCUT2D eigenvalue weighted by molar-refractivity contribution is 7.66. The summed E-state index contributed by atoms with van der Waals surface area (Å²) >= 11 is 0. The van der Waals surface area contributed by atoms with E-state index in [0.717, 1.165) is 10.1 Å². The molecule has 0 aliphatic carbocycles. The second kappa shape index (κ2) is 13.0. The highest BCUT2D eigenvalue weighted by Gasteiger charge is 2.43. The van der Waals surface area contributed by atoms with Crippen LogP contribution in [0.15, 0.2) is 46.1 Å². The molecular weight excluding hydrogens is 601 g/mol. The lowest BCUT2D eigenvalue weighted by atomic mass is 9.99. The van der Waals surface area contributed by atoms with Gasteiger partial charge in [-0.1, -0.05) is 44.2 Å². The number of aliphatic hydroxyl groups is 1. The van der Waals surface area contributed by atoms with Gasteiger partial charge in [0.2, 0.25) is 0 Å². The maximum Gasteiger partial charge on any atom is 0.490 e.